The van der Waals surface area contributed by atoms with E-state index in [0.717, 1.165) is 35.3 Å². The van der Waals surface area contributed by atoms with E-state index in [1.807, 2.05) is 43.3 Å². The molecule has 2 aromatic heterocycles. The maximum atomic E-state index is 12.8. The highest BCUT2D eigenvalue weighted by Gasteiger charge is 2.23. The highest BCUT2D eigenvalue weighted by atomic mass is 16.5. The van der Waals surface area contributed by atoms with Gasteiger partial charge in [0, 0.05) is 36.7 Å². The third kappa shape index (κ3) is 5.75. The van der Waals surface area contributed by atoms with E-state index in [9.17, 15) is 4.79 Å². The molecule has 1 fully saturated rings. The molecule has 190 valence electrons. The molecule has 10 nitrogen and oxygen atoms in total. The number of nitrogens with zero attached hydrogens (tertiary/aromatic N) is 4. The van der Waals surface area contributed by atoms with E-state index in [4.69, 9.17) is 20.6 Å². The van der Waals surface area contributed by atoms with Gasteiger partial charge in [-0.1, -0.05) is 30.3 Å². The fourth-order valence-electron chi connectivity index (χ4n) is 4.49. The summed E-state index contributed by atoms with van der Waals surface area (Å²) in [6.45, 7) is 3.42. The molecule has 0 amide bonds. The van der Waals surface area contributed by atoms with Crippen LogP contribution in [0.3, 0.4) is 0 Å². The Morgan fingerprint density at radius 1 is 1.19 bits per heavy atom. The van der Waals surface area contributed by atoms with Crippen LogP contribution in [0.15, 0.2) is 65.7 Å². The van der Waals surface area contributed by atoms with E-state index in [1.165, 1.54) is 4.68 Å². The second kappa shape index (κ2) is 10.8. The van der Waals surface area contributed by atoms with E-state index in [-0.39, 0.29) is 23.8 Å². The molecule has 0 radical (unpaired) electrons. The summed E-state index contributed by atoms with van der Waals surface area (Å²) in [5, 5.41) is 12.3. The van der Waals surface area contributed by atoms with Crippen molar-refractivity contribution in [2.24, 2.45) is 5.73 Å². The number of aromatic amines is 1. The van der Waals surface area contributed by atoms with Crippen molar-refractivity contribution in [3.8, 4) is 11.7 Å². The van der Waals surface area contributed by atoms with Crippen molar-refractivity contribution in [1.29, 1.82) is 5.41 Å². The summed E-state index contributed by atoms with van der Waals surface area (Å²) in [5.74, 6) is 1.22. The molecule has 0 saturated carbocycles. The van der Waals surface area contributed by atoms with Gasteiger partial charge in [-0.2, -0.15) is 0 Å². The summed E-state index contributed by atoms with van der Waals surface area (Å²) >= 11 is 0. The van der Waals surface area contributed by atoms with Gasteiger partial charge in [0.1, 0.15) is 23.5 Å². The lowest BCUT2D eigenvalue weighted by Crippen LogP contribution is -2.26. The quantitative estimate of drug-likeness (QED) is 0.250. The smallest absolute Gasteiger partial charge is 0.350 e. The van der Waals surface area contributed by atoms with Gasteiger partial charge >= 0.3 is 5.69 Å². The lowest BCUT2D eigenvalue weighted by atomic mass is 9.90. The summed E-state index contributed by atoms with van der Waals surface area (Å²) in [5.41, 5.74) is 8.89. The number of hydrogen-bond acceptors (Lipinski definition) is 7. The first kappa shape index (κ1) is 24.4. The average Bonchev–Trinajstić information content (AvgIpc) is 3.29. The fraction of sp³-hybridized carbons (Fsp3) is 0.296. The first-order valence-corrected chi connectivity index (χ1v) is 12.2. The Labute approximate surface area is 214 Å². The van der Waals surface area contributed by atoms with Crippen molar-refractivity contribution in [2.75, 3.05) is 13.2 Å². The SMILES string of the molecule is Cc1cc(OC2CCOCC2)cc(C(Cc2ccc(C(=N)N)cc2)c2nn(-c3ncccn3)c(=O)[nH]2)c1. The number of nitrogens with two attached hydrogens (primary N) is 1. The molecule has 0 spiro atoms. The molecule has 4 N–H and O–H groups in total. The van der Waals surface area contributed by atoms with Crippen LogP contribution in [0.1, 0.15) is 46.8 Å². The minimum absolute atomic E-state index is 0.0163. The number of H-pyrrole nitrogens is 1. The highest BCUT2D eigenvalue weighted by Crippen LogP contribution is 2.31. The molecule has 5 rings (SSSR count). The summed E-state index contributed by atoms with van der Waals surface area (Å²) in [7, 11) is 0. The van der Waals surface area contributed by atoms with Gasteiger partial charge in [0.15, 0.2) is 0 Å². The van der Waals surface area contributed by atoms with E-state index < -0.39 is 5.69 Å². The van der Waals surface area contributed by atoms with Crippen LogP contribution in [0.25, 0.3) is 5.95 Å². The number of nitrogens with one attached hydrogen (secondary N) is 2. The van der Waals surface area contributed by atoms with E-state index >= 15 is 0 Å². The first-order chi connectivity index (χ1) is 18.0. The van der Waals surface area contributed by atoms with E-state index in [2.05, 4.69) is 26.1 Å². The largest absolute Gasteiger partial charge is 0.490 e. The standard InChI is InChI=1S/C27H29N7O3/c1-17-13-20(16-22(14-17)37-21-7-11-36-12-8-21)23(15-18-3-5-19(6-4-18)24(28)29)25-32-27(35)34(33-25)26-30-9-2-10-31-26/h2-6,9-10,13-14,16,21,23H,7-8,11-12,15H2,1H3,(H3,28,29)(H,32,33,35). The molecule has 1 saturated heterocycles. The molecule has 1 aliphatic rings. The predicted octanol–water partition coefficient (Wildman–Crippen LogP) is 2.88. The number of ether oxygens (including phenoxy) is 2. The van der Waals surface area contributed by atoms with Crippen molar-refractivity contribution in [3.63, 3.8) is 0 Å². The molecular weight excluding hydrogens is 470 g/mol. The van der Waals surface area contributed by atoms with Crippen molar-refractivity contribution in [1.82, 2.24) is 24.7 Å². The fourth-order valence-corrected chi connectivity index (χ4v) is 4.49. The Morgan fingerprint density at radius 2 is 1.92 bits per heavy atom. The number of hydrogen-bond donors (Lipinski definition) is 3. The van der Waals surface area contributed by atoms with Gasteiger partial charge in [-0.15, -0.1) is 9.78 Å². The predicted molar refractivity (Wildman–Crippen MR) is 138 cm³/mol. The minimum Gasteiger partial charge on any atom is -0.490 e. The molecule has 1 atom stereocenters. The van der Waals surface area contributed by atoms with Crippen LogP contribution in [0.5, 0.6) is 5.75 Å². The van der Waals surface area contributed by atoms with Crippen LogP contribution in [0.4, 0.5) is 0 Å². The Morgan fingerprint density at radius 3 is 2.62 bits per heavy atom. The van der Waals surface area contributed by atoms with Gasteiger partial charge in [0.05, 0.1) is 13.2 Å². The normalized spacial score (nSPS) is 14.8. The summed E-state index contributed by atoms with van der Waals surface area (Å²) in [6, 6.07) is 15.3. The molecule has 10 heteroatoms. The van der Waals surface area contributed by atoms with Crippen LogP contribution < -0.4 is 16.2 Å². The molecular formula is C27H29N7O3. The lowest BCUT2D eigenvalue weighted by Gasteiger charge is -2.24. The van der Waals surface area contributed by atoms with Gasteiger partial charge in [-0.3, -0.25) is 10.4 Å². The number of aromatic nitrogens is 5. The highest BCUT2D eigenvalue weighted by molar-refractivity contribution is 5.94. The Hall–Kier alpha value is -4.31. The second-order valence-corrected chi connectivity index (χ2v) is 9.15. The zero-order chi connectivity index (χ0) is 25.8. The molecule has 4 aromatic rings. The molecule has 0 aliphatic carbocycles. The Kier molecular flexibility index (Phi) is 7.09. The van der Waals surface area contributed by atoms with Crippen LogP contribution in [-0.4, -0.2) is 49.9 Å². The number of rotatable bonds is 8. The number of benzene rings is 2. The van der Waals surface area contributed by atoms with E-state index in [1.54, 1.807) is 18.5 Å². The Balaban J connectivity index is 1.53. The zero-order valence-electron chi connectivity index (χ0n) is 20.6. The average molecular weight is 500 g/mol. The molecule has 1 aliphatic heterocycles. The van der Waals surface area contributed by atoms with Gasteiger partial charge in [0.25, 0.3) is 5.95 Å². The summed E-state index contributed by atoms with van der Waals surface area (Å²) in [4.78, 5) is 24.1. The molecule has 1 unspecified atom stereocenters. The van der Waals surface area contributed by atoms with E-state index in [0.29, 0.717) is 31.0 Å². The van der Waals surface area contributed by atoms with Crippen molar-refractivity contribution < 1.29 is 9.47 Å². The maximum Gasteiger partial charge on any atom is 0.350 e. The monoisotopic (exact) mass is 499 g/mol. The lowest BCUT2D eigenvalue weighted by molar-refractivity contribution is 0.0255. The molecule has 3 heterocycles. The Bertz CT molecular complexity index is 1420. The van der Waals surface area contributed by atoms with Crippen LogP contribution >= 0.6 is 0 Å². The summed E-state index contributed by atoms with van der Waals surface area (Å²) in [6.07, 6.45) is 5.50. The summed E-state index contributed by atoms with van der Waals surface area (Å²) < 4.78 is 13.0. The van der Waals surface area contributed by atoms with Crippen molar-refractivity contribution in [3.05, 3.63) is 99.5 Å². The zero-order valence-corrected chi connectivity index (χ0v) is 20.6. The minimum atomic E-state index is -0.413. The number of nitrogen functional groups attached to an aromatic ring is 1. The molecule has 0 bridgehead atoms. The topological polar surface area (TPSA) is 145 Å². The number of aryl methyl sites for hydroxylation is 1. The maximum absolute atomic E-state index is 12.8. The molecule has 2 aromatic carbocycles. The third-order valence-electron chi connectivity index (χ3n) is 6.36. The van der Waals surface area contributed by atoms with Crippen LogP contribution in [-0.2, 0) is 11.2 Å². The van der Waals surface area contributed by atoms with Crippen molar-refractivity contribution >= 4 is 5.84 Å². The van der Waals surface area contributed by atoms with Gasteiger partial charge in [-0.25, -0.2) is 14.8 Å². The van der Waals surface area contributed by atoms with Crippen molar-refractivity contribution in [2.45, 2.75) is 38.2 Å². The first-order valence-electron chi connectivity index (χ1n) is 12.2. The van der Waals surface area contributed by atoms with Gasteiger partial charge in [-0.05, 0) is 48.2 Å². The molecule has 37 heavy (non-hydrogen) atoms. The van der Waals surface area contributed by atoms with Gasteiger partial charge < -0.3 is 15.2 Å². The van der Waals surface area contributed by atoms with Gasteiger partial charge in [0.2, 0.25) is 0 Å². The number of amidine groups is 1. The van der Waals surface area contributed by atoms with Crippen LogP contribution in [0.2, 0.25) is 0 Å². The third-order valence-corrected chi connectivity index (χ3v) is 6.36. The van der Waals surface area contributed by atoms with Crippen LogP contribution in [0, 0.1) is 12.3 Å². The second-order valence-electron chi connectivity index (χ2n) is 9.15.